The number of aromatic nitrogens is 2. The molecule has 0 amide bonds. The summed E-state index contributed by atoms with van der Waals surface area (Å²) >= 11 is 0. The zero-order chi connectivity index (χ0) is 13.2. The Balaban J connectivity index is 1.77. The molecule has 0 spiro atoms. The average molecular weight is 255 g/mol. The van der Waals surface area contributed by atoms with Gasteiger partial charge in [0.15, 0.2) is 0 Å². The minimum atomic E-state index is -0.225. The maximum atomic E-state index is 6.22. The molecule has 98 valence electrons. The normalized spacial score (nSPS) is 16.1. The SMILES string of the molecule is Cc1nccc(C(N)c2ccc(OC3CC3)cc2)n1. The van der Waals surface area contributed by atoms with Crippen LogP contribution in [0.1, 0.15) is 36.0 Å². The van der Waals surface area contributed by atoms with Gasteiger partial charge in [0.2, 0.25) is 0 Å². The van der Waals surface area contributed by atoms with Crippen molar-refractivity contribution in [2.24, 2.45) is 5.73 Å². The van der Waals surface area contributed by atoms with Crippen LogP contribution in [0.4, 0.5) is 0 Å². The van der Waals surface area contributed by atoms with Gasteiger partial charge < -0.3 is 10.5 Å². The Hall–Kier alpha value is -1.94. The molecule has 1 heterocycles. The van der Waals surface area contributed by atoms with Gasteiger partial charge in [-0.3, -0.25) is 0 Å². The van der Waals surface area contributed by atoms with Gasteiger partial charge in [-0.15, -0.1) is 0 Å². The van der Waals surface area contributed by atoms with Crippen LogP contribution in [0, 0.1) is 6.92 Å². The number of nitrogens with zero attached hydrogens (tertiary/aromatic N) is 2. The van der Waals surface area contributed by atoms with Gasteiger partial charge in [-0.2, -0.15) is 0 Å². The van der Waals surface area contributed by atoms with Crippen molar-refractivity contribution in [3.63, 3.8) is 0 Å². The Morgan fingerprint density at radius 1 is 1.21 bits per heavy atom. The predicted octanol–water partition coefficient (Wildman–Crippen LogP) is 2.37. The van der Waals surface area contributed by atoms with Crippen molar-refractivity contribution >= 4 is 0 Å². The van der Waals surface area contributed by atoms with E-state index in [1.165, 1.54) is 12.8 Å². The van der Waals surface area contributed by atoms with Gasteiger partial charge in [0.1, 0.15) is 11.6 Å². The molecule has 1 fully saturated rings. The second-order valence-electron chi connectivity index (χ2n) is 4.89. The van der Waals surface area contributed by atoms with E-state index in [-0.39, 0.29) is 6.04 Å². The van der Waals surface area contributed by atoms with Crippen LogP contribution in [0.25, 0.3) is 0 Å². The third kappa shape index (κ3) is 2.90. The van der Waals surface area contributed by atoms with E-state index >= 15 is 0 Å². The molecule has 1 saturated carbocycles. The molecule has 4 nitrogen and oxygen atoms in total. The van der Waals surface area contributed by atoms with Crippen LogP contribution < -0.4 is 10.5 Å². The van der Waals surface area contributed by atoms with Crippen LogP contribution in [0.5, 0.6) is 5.75 Å². The molecule has 1 unspecified atom stereocenters. The summed E-state index contributed by atoms with van der Waals surface area (Å²) < 4.78 is 5.72. The van der Waals surface area contributed by atoms with Gasteiger partial charge in [0.05, 0.1) is 17.8 Å². The van der Waals surface area contributed by atoms with E-state index in [1.54, 1.807) is 6.20 Å². The molecule has 0 radical (unpaired) electrons. The van der Waals surface area contributed by atoms with Crippen LogP contribution >= 0.6 is 0 Å². The Morgan fingerprint density at radius 3 is 2.58 bits per heavy atom. The van der Waals surface area contributed by atoms with Crippen LogP contribution in [-0.4, -0.2) is 16.1 Å². The minimum absolute atomic E-state index is 0.225. The fraction of sp³-hybridized carbons (Fsp3) is 0.333. The third-order valence-corrected chi connectivity index (χ3v) is 3.18. The fourth-order valence-electron chi connectivity index (χ4n) is 1.95. The molecule has 1 aromatic heterocycles. The minimum Gasteiger partial charge on any atom is -0.490 e. The lowest BCUT2D eigenvalue weighted by Crippen LogP contribution is -2.14. The smallest absolute Gasteiger partial charge is 0.125 e. The van der Waals surface area contributed by atoms with Gasteiger partial charge in [-0.1, -0.05) is 12.1 Å². The van der Waals surface area contributed by atoms with Gasteiger partial charge in [0, 0.05) is 6.20 Å². The van der Waals surface area contributed by atoms with Gasteiger partial charge in [-0.25, -0.2) is 9.97 Å². The summed E-state index contributed by atoms with van der Waals surface area (Å²) in [6.45, 7) is 1.86. The van der Waals surface area contributed by atoms with Crippen molar-refractivity contribution < 1.29 is 4.74 Å². The van der Waals surface area contributed by atoms with Crippen LogP contribution in [0.3, 0.4) is 0 Å². The molecule has 0 saturated heterocycles. The summed E-state index contributed by atoms with van der Waals surface area (Å²) in [6.07, 6.45) is 4.49. The first-order chi connectivity index (χ1) is 9.22. The topological polar surface area (TPSA) is 61.0 Å². The Bertz CT molecular complexity index is 564. The third-order valence-electron chi connectivity index (χ3n) is 3.18. The van der Waals surface area contributed by atoms with Crippen molar-refractivity contribution in [1.82, 2.24) is 9.97 Å². The molecule has 0 aliphatic heterocycles. The number of benzene rings is 1. The zero-order valence-corrected chi connectivity index (χ0v) is 10.9. The summed E-state index contributed by atoms with van der Waals surface area (Å²) in [6, 6.07) is 9.58. The van der Waals surface area contributed by atoms with E-state index in [1.807, 2.05) is 37.3 Å². The van der Waals surface area contributed by atoms with Crippen LogP contribution in [0.2, 0.25) is 0 Å². The van der Waals surface area contributed by atoms with Crippen molar-refractivity contribution in [1.29, 1.82) is 0 Å². The largest absolute Gasteiger partial charge is 0.490 e. The van der Waals surface area contributed by atoms with Gasteiger partial charge in [0.25, 0.3) is 0 Å². The second-order valence-corrected chi connectivity index (χ2v) is 4.89. The molecular formula is C15H17N3O. The number of aryl methyl sites for hydroxylation is 1. The van der Waals surface area contributed by atoms with E-state index < -0.39 is 0 Å². The molecular weight excluding hydrogens is 238 g/mol. The summed E-state index contributed by atoms with van der Waals surface area (Å²) in [5.74, 6) is 1.65. The molecule has 1 aliphatic rings. The molecule has 0 bridgehead atoms. The first-order valence-corrected chi connectivity index (χ1v) is 6.54. The van der Waals surface area contributed by atoms with E-state index in [2.05, 4.69) is 9.97 Å². The van der Waals surface area contributed by atoms with Gasteiger partial charge >= 0.3 is 0 Å². The number of hydrogen-bond acceptors (Lipinski definition) is 4. The van der Waals surface area contributed by atoms with Crippen molar-refractivity contribution in [3.8, 4) is 5.75 Å². The molecule has 1 atom stereocenters. The fourth-order valence-corrected chi connectivity index (χ4v) is 1.95. The van der Waals surface area contributed by atoms with E-state index in [0.29, 0.717) is 6.10 Å². The lowest BCUT2D eigenvalue weighted by molar-refractivity contribution is 0.303. The monoisotopic (exact) mass is 255 g/mol. The molecule has 19 heavy (non-hydrogen) atoms. The molecule has 1 aliphatic carbocycles. The highest BCUT2D eigenvalue weighted by atomic mass is 16.5. The highest BCUT2D eigenvalue weighted by molar-refractivity contribution is 5.33. The Labute approximate surface area is 112 Å². The predicted molar refractivity (Wildman–Crippen MR) is 72.9 cm³/mol. The van der Waals surface area contributed by atoms with Crippen LogP contribution in [-0.2, 0) is 0 Å². The second kappa shape index (κ2) is 4.97. The highest BCUT2D eigenvalue weighted by Crippen LogP contribution is 2.28. The van der Waals surface area contributed by atoms with Crippen molar-refractivity contribution in [2.45, 2.75) is 31.9 Å². The summed E-state index contributed by atoms with van der Waals surface area (Å²) in [5, 5.41) is 0. The number of nitrogens with two attached hydrogens (primary N) is 1. The maximum Gasteiger partial charge on any atom is 0.125 e. The zero-order valence-electron chi connectivity index (χ0n) is 10.9. The summed E-state index contributed by atoms with van der Waals surface area (Å²) in [7, 11) is 0. The van der Waals surface area contributed by atoms with E-state index in [0.717, 1.165) is 22.8 Å². The lowest BCUT2D eigenvalue weighted by atomic mass is 10.0. The first kappa shape index (κ1) is 12.1. The average Bonchev–Trinajstić information content (AvgIpc) is 3.23. The summed E-state index contributed by atoms with van der Waals surface area (Å²) in [4.78, 5) is 8.45. The number of hydrogen-bond donors (Lipinski definition) is 1. The van der Waals surface area contributed by atoms with Crippen LogP contribution in [0.15, 0.2) is 36.5 Å². The quantitative estimate of drug-likeness (QED) is 0.911. The van der Waals surface area contributed by atoms with E-state index in [9.17, 15) is 0 Å². The summed E-state index contributed by atoms with van der Waals surface area (Å²) in [5.41, 5.74) is 8.08. The number of ether oxygens (including phenoxy) is 1. The maximum absolute atomic E-state index is 6.22. The molecule has 2 aromatic rings. The molecule has 3 rings (SSSR count). The molecule has 2 N–H and O–H groups in total. The van der Waals surface area contributed by atoms with Crippen molar-refractivity contribution in [2.75, 3.05) is 0 Å². The van der Waals surface area contributed by atoms with E-state index in [4.69, 9.17) is 10.5 Å². The Kier molecular flexibility index (Phi) is 3.17. The molecule has 1 aromatic carbocycles. The number of rotatable bonds is 4. The lowest BCUT2D eigenvalue weighted by Gasteiger charge is -2.12. The standard InChI is InChI=1S/C15H17N3O/c1-10-17-9-8-14(18-10)15(16)11-2-4-12(5-3-11)19-13-6-7-13/h2-5,8-9,13,15H,6-7,16H2,1H3. The van der Waals surface area contributed by atoms with Gasteiger partial charge in [-0.05, 0) is 43.5 Å². The van der Waals surface area contributed by atoms with Crippen molar-refractivity contribution in [3.05, 3.63) is 53.6 Å². The first-order valence-electron chi connectivity index (χ1n) is 6.54. The Morgan fingerprint density at radius 2 is 1.95 bits per heavy atom. The highest BCUT2D eigenvalue weighted by Gasteiger charge is 2.23. The molecule has 4 heteroatoms.